The Morgan fingerprint density at radius 1 is 0.326 bits per heavy atom. The van der Waals surface area contributed by atoms with E-state index in [4.69, 9.17) is 28.4 Å². The van der Waals surface area contributed by atoms with Gasteiger partial charge in [-0.15, -0.1) is 0 Å². The van der Waals surface area contributed by atoms with Crippen LogP contribution in [0.4, 0.5) is 61.5 Å². The van der Waals surface area contributed by atoms with Crippen molar-refractivity contribution in [1.29, 1.82) is 0 Å². The topological polar surface area (TPSA) is 108 Å². The Hall–Kier alpha value is -2.28. The molecule has 0 aliphatic heterocycles. The zero-order valence-corrected chi connectivity index (χ0v) is 23.3. The molecule has 0 N–H and O–H groups in total. The predicted octanol–water partition coefficient (Wildman–Crippen LogP) is 3.84. The summed E-state index contributed by atoms with van der Waals surface area (Å²) >= 11 is 0. The van der Waals surface area contributed by atoms with Crippen LogP contribution in [-0.4, -0.2) is 140 Å². The van der Waals surface area contributed by atoms with Gasteiger partial charge in [0.1, 0.15) is 13.2 Å². The van der Waals surface area contributed by atoms with Crippen molar-refractivity contribution in [2.45, 2.75) is 36.0 Å². The molecular formula is C22H28F14O10. The first kappa shape index (κ1) is 43.7. The molecule has 0 spiro atoms. The molecule has 274 valence electrons. The average molecular weight is 718 g/mol. The van der Waals surface area contributed by atoms with Gasteiger partial charge in [0.25, 0.3) is 0 Å². The van der Waals surface area contributed by atoms with E-state index in [0.717, 1.165) is 0 Å². The summed E-state index contributed by atoms with van der Waals surface area (Å²) in [6.07, 6.45) is -13.3. The lowest BCUT2D eigenvalue weighted by atomic mass is 10.1. The van der Waals surface area contributed by atoms with Crippen molar-refractivity contribution < 1.29 is 109 Å². The second-order valence-corrected chi connectivity index (χ2v) is 8.24. The maximum atomic E-state index is 13.0. The summed E-state index contributed by atoms with van der Waals surface area (Å²) in [4.78, 5) is 21.8. The fraction of sp³-hybridized carbons (Fsp3) is 0.909. The Morgan fingerprint density at radius 3 is 0.674 bits per heavy atom. The molecular weight excluding hydrogens is 690 g/mol. The van der Waals surface area contributed by atoms with E-state index >= 15 is 0 Å². The van der Waals surface area contributed by atoms with Gasteiger partial charge in [-0.05, 0) is 0 Å². The summed E-state index contributed by atoms with van der Waals surface area (Å²) in [6.45, 7) is -3.21. The highest BCUT2D eigenvalue weighted by atomic mass is 19.4. The average Bonchev–Trinajstić information content (AvgIpc) is 2.93. The van der Waals surface area contributed by atoms with Crippen LogP contribution in [0.25, 0.3) is 0 Å². The minimum absolute atomic E-state index is 0.0574. The molecule has 24 heteroatoms. The molecule has 0 bridgehead atoms. The molecule has 0 aromatic carbocycles. The Bertz CT molecular complexity index is 815. The molecule has 10 nitrogen and oxygen atoms in total. The summed E-state index contributed by atoms with van der Waals surface area (Å²) in [7, 11) is 0. The summed E-state index contributed by atoms with van der Waals surface area (Å²) in [5, 5.41) is 0. The Labute approximate surface area is 250 Å². The number of hydrogen-bond donors (Lipinski definition) is 0. The van der Waals surface area contributed by atoms with Crippen LogP contribution in [0.5, 0.6) is 0 Å². The van der Waals surface area contributed by atoms with Gasteiger partial charge >= 0.3 is 48.0 Å². The van der Waals surface area contributed by atoms with Gasteiger partial charge in [0.2, 0.25) is 0 Å². The lowest BCUT2D eigenvalue weighted by Crippen LogP contribution is -2.56. The summed E-state index contributed by atoms with van der Waals surface area (Å²) in [5.41, 5.74) is 0. The molecule has 0 aromatic rings. The number of esters is 2. The lowest BCUT2D eigenvalue weighted by molar-refractivity contribution is -0.348. The molecule has 0 aliphatic rings. The van der Waals surface area contributed by atoms with Crippen LogP contribution in [0.1, 0.15) is 0 Å². The van der Waals surface area contributed by atoms with Crippen LogP contribution < -0.4 is 0 Å². The Morgan fingerprint density at radius 2 is 0.500 bits per heavy atom. The first-order valence-corrected chi connectivity index (χ1v) is 12.5. The van der Waals surface area contributed by atoms with E-state index in [1.54, 1.807) is 0 Å². The number of rotatable bonds is 25. The van der Waals surface area contributed by atoms with Crippen molar-refractivity contribution in [2.24, 2.45) is 0 Å². The van der Waals surface area contributed by atoms with Crippen LogP contribution in [0, 0.1) is 0 Å². The SMILES string of the molecule is O=C(OCCOCCOCCOCCOCCOCCOCCOC(=O)C(F)(F)C(F)(F)C(F)(F)F)C(F)(F)C(F)(F)C(F)(F)F. The molecule has 0 heterocycles. The molecule has 0 aromatic heterocycles. The zero-order valence-electron chi connectivity index (χ0n) is 23.3. The van der Waals surface area contributed by atoms with Crippen molar-refractivity contribution in [1.82, 2.24) is 0 Å². The first-order valence-electron chi connectivity index (χ1n) is 12.5. The van der Waals surface area contributed by atoms with Crippen molar-refractivity contribution >= 4 is 11.9 Å². The maximum Gasteiger partial charge on any atom is 0.460 e. The fourth-order valence-corrected chi connectivity index (χ4v) is 2.38. The van der Waals surface area contributed by atoms with Gasteiger partial charge in [0, 0.05) is 0 Å². The minimum Gasteiger partial charge on any atom is -0.459 e. The normalized spacial score (nSPS) is 13.6. The molecule has 0 radical (unpaired) electrons. The van der Waals surface area contributed by atoms with Gasteiger partial charge in [0.05, 0.1) is 79.3 Å². The highest BCUT2D eigenvalue weighted by Crippen LogP contribution is 2.48. The van der Waals surface area contributed by atoms with Gasteiger partial charge in [-0.25, -0.2) is 9.59 Å². The largest absolute Gasteiger partial charge is 0.460 e. The van der Waals surface area contributed by atoms with E-state index in [9.17, 15) is 71.1 Å². The van der Waals surface area contributed by atoms with Gasteiger partial charge in [-0.3, -0.25) is 0 Å². The highest BCUT2D eigenvalue weighted by molar-refractivity contribution is 5.79. The van der Waals surface area contributed by atoms with Gasteiger partial charge in [-0.2, -0.15) is 61.5 Å². The molecule has 0 rings (SSSR count). The Balaban J connectivity index is 3.61. The smallest absolute Gasteiger partial charge is 0.459 e. The molecule has 0 saturated heterocycles. The quantitative estimate of drug-likeness (QED) is 0.0786. The minimum atomic E-state index is -6.67. The van der Waals surface area contributed by atoms with E-state index in [1.807, 2.05) is 0 Å². The number of ether oxygens (including phenoxy) is 8. The van der Waals surface area contributed by atoms with Crippen molar-refractivity contribution in [3.8, 4) is 0 Å². The third-order valence-corrected chi connectivity index (χ3v) is 4.80. The van der Waals surface area contributed by atoms with Crippen molar-refractivity contribution in [2.75, 3.05) is 92.5 Å². The van der Waals surface area contributed by atoms with Crippen LogP contribution in [0.3, 0.4) is 0 Å². The van der Waals surface area contributed by atoms with E-state index in [-0.39, 0.29) is 66.1 Å². The third-order valence-electron chi connectivity index (χ3n) is 4.80. The number of alkyl halides is 14. The number of hydrogen-bond acceptors (Lipinski definition) is 10. The standard InChI is InChI=1S/C22H28F14O10/c23-17(24,19(27,28)21(31,32)33)15(37)45-13-11-43-9-7-41-5-3-39-1-2-40-4-6-42-8-10-44-12-14-46-16(38)18(25,26)20(29,30)22(34,35)36/h1-14H2. The molecule has 0 atom stereocenters. The van der Waals surface area contributed by atoms with E-state index < -0.39 is 74.4 Å². The summed E-state index contributed by atoms with van der Waals surface area (Å²) < 4.78 is 212. The van der Waals surface area contributed by atoms with E-state index in [1.165, 1.54) is 0 Å². The van der Waals surface area contributed by atoms with Crippen molar-refractivity contribution in [3.05, 3.63) is 0 Å². The van der Waals surface area contributed by atoms with Crippen LogP contribution >= 0.6 is 0 Å². The highest BCUT2D eigenvalue weighted by Gasteiger charge is 2.78. The van der Waals surface area contributed by atoms with Gasteiger partial charge < -0.3 is 37.9 Å². The predicted molar refractivity (Wildman–Crippen MR) is 119 cm³/mol. The lowest BCUT2D eigenvalue weighted by Gasteiger charge is -2.26. The fourth-order valence-electron chi connectivity index (χ4n) is 2.38. The number of carbonyl (C=O) groups excluding carboxylic acids is 2. The maximum absolute atomic E-state index is 13.0. The van der Waals surface area contributed by atoms with Gasteiger partial charge in [0.15, 0.2) is 0 Å². The van der Waals surface area contributed by atoms with Crippen LogP contribution in [-0.2, 0) is 47.5 Å². The van der Waals surface area contributed by atoms with Crippen LogP contribution in [0.2, 0.25) is 0 Å². The van der Waals surface area contributed by atoms with E-state index in [2.05, 4.69) is 9.47 Å². The third kappa shape index (κ3) is 13.8. The number of halogens is 14. The molecule has 0 saturated carbocycles. The summed E-state index contributed by atoms with van der Waals surface area (Å²) in [5.74, 6) is -31.6. The van der Waals surface area contributed by atoms with Crippen molar-refractivity contribution in [3.63, 3.8) is 0 Å². The molecule has 0 amide bonds. The van der Waals surface area contributed by atoms with E-state index in [0.29, 0.717) is 0 Å². The molecule has 46 heavy (non-hydrogen) atoms. The molecule has 0 fully saturated rings. The first-order chi connectivity index (χ1) is 21.0. The van der Waals surface area contributed by atoms with Gasteiger partial charge in [-0.1, -0.05) is 0 Å². The second-order valence-electron chi connectivity index (χ2n) is 8.24. The number of carbonyl (C=O) groups is 2. The molecule has 0 unspecified atom stereocenters. The Kier molecular flexibility index (Phi) is 18.6. The summed E-state index contributed by atoms with van der Waals surface area (Å²) in [6, 6.07) is 0. The zero-order chi connectivity index (χ0) is 35.7. The monoisotopic (exact) mass is 718 g/mol. The second kappa shape index (κ2) is 19.5. The van der Waals surface area contributed by atoms with Crippen LogP contribution in [0.15, 0.2) is 0 Å². The molecule has 0 aliphatic carbocycles.